The summed E-state index contributed by atoms with van der Waals surface area (Å²) in [7, 11) is 3.17. The molecule has 2 aromatic rings. The van der Waals surface area contributed by atoms with Crippen LogP contribution in [0.15, 0.2) is 15.9 Å². The third-order valence-corrected chi connectivity index (χ3v) is 5.89. The maximum Gasteiger partial charge on any atom is 0.271 e. The van der Waals surface area contributed by atoms with E-state index in [1.807, 2.05) is 26.8 Å². The van der Waals surface area contributed by atoms with Gasteiger partial charge in [-0.3, -0.25) is 14.6 Å². The van der Waals surface area contributed by atoms with Crippen LogP contribution in [0.3, 0.4) is 0 Å². The first kappa shape index (κ1) is 18.8. The summed E-state index contributed by atoms with van der Waals surface area (Å²) in [5.41, 5.74) is 1.23. The summed E-state index contributed by atoms with van der Waals surface area (Å²) in [6.07, 6.45) is 0. The van der Waals surface area contributed by atoms with E-state index in [0.717, 1.165) is 10.6 Å². The molecule has 0 spiro atoms. The highest BCUT2D eigenvalue weighted by Crippen LogP contribution is 2.54. The SMILES string of the molecule is COc1cc(C2SC(C)=Nc3c2c(=O)[nH]n3C(C)C)c(OC)c2c1OCCO2. The van der Waals surface area contributed by atoms with Crippen molar-refractivity contribution < 1.29 is 18.9 Å². The van der Waals surface area contributed by atoms with Gasteiger partial charge in [0.25, 0.3) is 5.56 Å². The summed E-state index contributed by atoms with van der Waals surface area (Å²) in [4.78, 5) is 17.5. The van der Waals surface area contributed by atoms with Crippen LogP contribution in [0.5, 0.6) is 23.0 Å². The Morgan fingerprint density at radius 1 is 1.25 bits per heavy atom. The number of aliphatic imine (C=N–C) groups is 1. The predicted octanol–water partition coefficient (Wildman–Crippen LogP) is 3.43. The third-order valence-electron chi connectivity index (χ3n) is 4.73. The maximum atomic E-state index is 12.8. The van der Waals surface area contributed by atoms with Gasteiger partial charge in [0, 0.05) is 11.6 Å². The van der Waals surface area contributed by atoms with Gasteiger partial charge in [0.05, 0.1) is 30.1 Å². The lowest BCUT2D eigenvalue weighted by Crippen LogP contribution is -2.19. The minimum atomic E-state index is -0.309. The summed E-state index contributed by atoms with van der Waals surface area (Å²) in [6, 6.07) is 1.94. The molecule has 2 aliphatic rings. The van der Waals surface area contributed by atoms with E-state index in [1.165, 1.54) is 11.8 Å². The van der Waals surface area contributed by atoms with Gasteiger partial charge in [-0.1, -0.05) is 11.8 Å². The highest BCUT2D eigenvalue weighted by molar-refractivity contribution is 8.14. The molecule has 4 rings (SSSR count). The number of ether oxygens (including phenoxy) is 4. The van der Waals surface area contributed by atoms with Gasteiger partial charge in [-0.05, 0) is 26.8 Å². The first-order valence-electron chi connectivity index (χ1n) is 9.07. The first-order chi connectivity index (χ1) is 13.5. The number of aromatic nitrogens is 2. The Kier molecular flexibility index (Phi) is 4.78. The number of H-pyrrole nitrogens is 1. The Labute approximate surface area is 166 Å². The molecule has 1 unspecified atom stereocenters. The fourth-order valence-corrected chi connectivity index (χ4v) is 4.65. The van der Waals surface area contributed by atoms with Crippen LogP contribution in [0.2, 0.25) is 0 Å². The van der Waals surface area contributed by atoms with Gasteiger partial charge in [-0.2, -0.15) is 0 Å². The molecule has 1 atom stereocenters. The molecule has 0 bridgehead atoms. The summed E-state index contributed by atoms with van der Waals surface area (Å²) in [6.45, 7) is 6.81. The summed E-state index contributed by atoms with van der Waals surface area (Å²) in [5, 5.41) is 3.47. The topological polar surface area (TPSA) is 87.1 Å². The highest BCUT2D eigenvalue weighted by atomic mass is 32.2. The van der Waals surface area contributed by atoms with Crippen LogP contribution in [0.25, 0.3) is 0 Å². The standard InChI is InChI=1S/C19H23N3O5S/c1-9(2)22-18-13(19(23)21-22)17(28-10(3)20-18)11-8-12(24-4)15-16(14(11)25-5)27-7-6-26-15/h8-9,17H,6-7H2,1-5H3,(H,21,23). The molecule has 150 valence electrons. The number of hydrogen-bond acceptors (Lipinski definition) is 7. The fraction of sp³-hybridized carbons (Fsp3) is 0.474. The highest BCUT2D eigenvalue weighted by Gasteiger charge is 2.36. The Hall–Kier alpha value is -2.55. The van der Waals surface area contributed by atoms with E-state index in [9.17, 15) is 4.79 Å². The molecule has 9 heteroatoms. The molecule has 28 heavy (non-hydrogen) atoms. The summed E-state index contributed by atoms with van der Waals surface area (Å²) >= 11 is 1.51. The average Bonchev–Trinajstić information content (AvgIpc) is 3.02. The molecule has 1 aromatic carbocycles. The van der Waals surface area contributed by atoms with Crippen molar-refractivity contribution in [2.24, 2.45) is 4.99 Å². The molecule has 0 saturated heterocycles. The number of thioether (sulfide) groups is 1. The van der Waals surface area contributed by atoms with Crippen molar-refractivity contribution in [1.29, 1.82) is 0 Å². The Balaban J connectivity index is 1.96. The average molecular weight is 405 g/mol. The molecule has 0 aliphatic carbocycles. The number of rotatable bonds is 4. The van der Waals surface area contributed by atoms with Gasteiger partial charge in [0.1, 0.15) is 13.2 Å². The second-order valence-electron chi connectivity index (χ2n) is 6.83. The van der Waals surface area contributed by atoms with Crippen LogP contribution < -0.4 is 24.5 Å². The number of aromatic amines is 1. The van der Waals surface area contributed by atoms with Crippen molar-refractivity contribution in [1.82, 2.24) is 9.78 Å². The smallest absolute Gasteiger partial charge is 0.271 e. The first-order valence-corrected chi connectivity index (χ1v) is 9.95. The van der Waals surface area contributed by atoms with Gasteiger partial charge < -0.3 is 18.9 Å². The van der Waals surface area contributed by atoms with Crippen LogP contribution in [0.1, 0.15) is 43.2 Å². The van der Waals surface area contributed by atoms with Crippen molar-refractivity contribution in [3.05, 3.63) is 27.5 Å². The molecule has 3 heterocycles. The lowest BCUT2D eigenvalue weighted by atomic mass is 10.0. The van der Waals surface area contributed by atoms with Gasteiger partial charge in [0.2, 0.25) is 11.5 Å². The van der Waals surface area contributed by atoms with Crippen molar-refractivity contribution in [2.45, 2.75) is 32.1 Å². The zero-order valence-corrected chi connectivity index (χ0v) is 17.3. The molecule has 2 aliphatic heterocycles. The van der Waals surface area contributed by atoms with Crippen LogP contribution in [0, 0.1) is 0 Å². The number of nitrogens with zero attached hydrogens (tertiary/aromatic N) is 2. The molecule has 0 radical (unpaired) electrons. The number of benzene rings is 1. The monoisotopic (exact) mass is 405 g/mol. The van der Waals surface area contributed by atoms with E-state index in [-0.39, 0.29) is 16.9 Å². The molecule has 1 aromatic heterocycles. The van der Waals surface area contributed by atoms with Gasteiger partial charge >= 0.3 is 0 Å². The predicted molar refractivity (Wildman–Crippen MR) is 108 cm³/mol. The normalized spacial score (nSPS) is 17.9. The van der Waals surface area contributed by atoms with E-state index in [0.29, 0.717) is 47.6 Å². The summed E-state index contributed by atoms with van der Waals surface area (Å²) < 4.78 is 24.6. The quantitative estimate of drug-likeness (QED) is 0.839. The van der Waals surface area contributed by atoms with Crippen molar-refractivity contribution in [3.63, 3.8) is 0 Å². The third kappa shape index (κ3) is 2.85. The molecule has 8 nitrogen and oxygen atoms in total. The zero-order chi connectivity index (χ0) is 20.0. The number of nitrogens with one attached hydrogen (secondary N) is 1. The molecule has 1 N–H and O–H groups in total. The molecule has 0 amide bonds. The van der Waals surface area contributed by atoms with Crippen molar-refractivity contribution >= 4 is 22.6 Å². The van der Waals surface area contributed by atoms with E-state index in [4.69, 9.17) is 18.9 Å². The Morgan fingerprint density at radius 2 is 1.96 bits per heavy atom. The van der Waals surface area contributed by atoms with Crippen LogP contribution in [0.4, 0.5) is 5.82 Å². The Morgan fingerprint density at radius 3 is 2.61 bits per heavy atom. The van der Waals surface area contributed by atoms with Gasteiger partial charge in [-0.15, -0.1) is 0 Å². The molecule has 0 fully saturated rings. The fourth-order valence-electron chi connectivity index (χ4n) is 3.53. The van der Waals surface area contributed by atoms with Crippen LogP contribution >= 0.6 is 11.8 Å². The second kappa shape index (κ2) is 7.12. The zero-order valence-electron chi connectivity index (χ0n) is 16.5. The molecular formula is C19H23N3O5S. The number of fused-ring (bicyclic) bond motifs is 2. The van der Waals surface area contributed by atoms with Crippen LogP contribution in [-0.4, -0.2) is 42.3 Å². The number of hydrogen-bond donors (Lipinski definition) is 1. The van der Waals surface area contributed by atoms with E-state index in [2.05, 4.69) is 10.1 Å². The van der Waals surface area contributed by atoms with E-state index < -0.39 is 0 Å². The van der Waals surface area contributed by atoms with E-state index >= 15 is 0 Å². The van der Waals surface area contributed by atoms with Crippen molar-refractivity contribution in [2.75, 3.05) is 27.4 Å². The maximum absolute atomic E-state index is 12.8. The summed E-state index contributed by atoms with van der Waals surface area (Å²) in [5.74, 6) is 2.77. The van der Waals surface area contributed by atoms with Crippen molar-refractivity contribution in [3.8, 4) is 23.0 Å². The largest absolute Gasteiger partial charge is 0.493 e. The minimum absolute atomic E-state index is 0.0773. The van der Waals surface area contributed by atoms with Gasteiger partial charge in [-0.25, -0.2) is 4.99 Å². The van der Waals surface area contributed by atoms with E-state index in [1.54, 1.807) is 18.9 Å². The lowest BCUT2D eigenvalue weighted by Gasteiger charge is -2.28. The molecular weight excluding hydrogens is 382 g/mol. The van der Waals surface area contributed by atoms with Crippen LogP contribution in [-0.2, 0) is 0 Å². The lowest BCUT2D eigenvalue weighted by molar-refractivity contribution is 0.158. The molecule has 0 saturated carbocycles. The Bertz CT molecular complexity index is 1010. The minimum Gasteiger partial charge on any atom is -0.493 e. The number of methoxy groups -OCH3 is 2. The van der Waals surface area contributed by atoms with Gasteiger partial charge in [0.15, 0.2) is 17.3 Å². The second-order valence-corrected chi connectivity index (χ2v) is 8.13.